The third-order valence-corrected chi connectivity index (χ3v) is 7.79. The van der Waals surface area contributed by atoms with Gasteiger partial charge in [0, 0.05) is 40.9 Å². The van der Waals surface area contributed by atoms with Crippen LogP contribution in [0.25, 0.3) is 0 Å². The molecule has 1 aromatic heterocycles. The van der Waals surface area contributed by atoms with E-state index in [0.717, 1.165) is 33.8 Å². The van der Waals surface area contributed by atoms with Crippen LogP contribution in [0.1, 0.15) is 56.2 Å². The first-order valence-corrected chi connectivity index (χ1v) is 14.1. The van der Waals surface area contributed by atoms with E-state index in [9.17, 15) is 9.59 Å². The van der Waals surface area contributed by atoms with Gasteiger partial charge in [-0.25, -0.2) is 15.1 Å². The summed E-state index contributed by atoms with van der Waals surface area (Å²) >= 11 is 0. The van der Waals surface area contributed by atoms with Crippen LogP contribution in [-0.4, -0.2) is 25.9 Å². The minimum absolute atomic E-state index is 0.0466. The number of methoxy groups -OCH3 is 2. The van der Waals surface area contributed by atoms with Crippen molar-refractivity contribution < 1.29 is 28.8 Å². The highest BCUT2D eigenvalue weighted by atomic mass is 16.5. The van der Waals surface area contributed by atoms with Gasteiger partial charge < -0.3 is 19.5 Å². The van der Waals surface area contributed by atoms with Gasteiger partial charge in [0.15, 0.2) is 5.78 Å². The van der Waals surface area contributed by atoms with Gasteiger partial charge in [-0.05, 0) is 79.3 Å². The van der Waals surface area contributed by atoms with Crippen LogP contribution in [0.4, 0.5) is 5.82 Å². The van der Waals surface area contributed by atoms with Crippen molar-refractivity contribution in [1.82, 2.24) is 5.32 Å². The predicted octanol–water partition coefficient (Wildman–Crippen LogP) is 5.65. The number of H-pyrrole nitrogens is 1. The van der Waals surface area contributed by atoms with E-state index in [2.05, 4.69) is 29.5 Å². The number of amides is 1. The number of hydrogen-bond acceptors (Lipinski definition) is 6. The number of aromatic amines is 1. The van der Waals surface area contributed by atoms with E-state index in [1.807, 2.05) is 74.6 Å². The molecule has 2 heterocycles. The second-order valence-corrected chi connectivity index (χ2v) is 11.7. The van der Waals surface area contributed by atoms with Crippen molar-refractivity contribution in [1.29, 1.82) is 0 Å². The van der Waals surface area contributed by atoms with Crippen molar-refractivity contribution in [2.75, 3.05) is 19.5 Å². The molecule has 2 aromatic carbocycles. The van der Waals surface area contributed by atoms with Gasteiger partial charge in [0.1, 0.15) is 23.9 Å². The molecule has 3 aromatic rings. The SMILES string of the molecule is COc1ccc(OCc2cc(C3C(C(=O)Nc4ccc(C)c[nH+]4)=C(C)NC4=C3C(=O)CC(C)(C)C4)ccc2OC)cc1. The molecule has 8 nitrogen and oxygen atoms in total. The molecule has 0 saturated carbocycles. The molecule has 5 rings (SSSR count). The zero-order valence-electron chi connectivity index (χ0n) is 25.0. The number of nitrogens with one attached hydrogen (secondary N) is 3. The zero-order chi connectivity index (χ0) is 30.0. The van der Waals surface area contributed by atoms with Crippen molar-refractivity contribution >= 4 is 17.5 Å². The summed E-state index contributed by atoms with van der Waals surface area (Å²) in [6.45, 7) is 8.31. The van der Waals surface area contributed by atoms with Gasteiger partial charge >= 0.3 is 5.91 Å². The topological polar surface area (TPSA) is 100 Å². The molecular weight excluding hydrogens is 530 g/mol. The number of rotatable bonds is 8. The molecule has 0 fully saturated rings. The smallest absolute Gasteiger partial charge is 0.337 e. The number of aryl methyl sites for hydroxylation is 1. The van der Waals surface area contributed by atoms with E-state index < -0.39 is 5.92 Å². The first kappa shape index (κ1) is 28.9. The summed E-state index contributed by atoms with van der Waals surface area (Å²) in [4.78, 5) is 30.8. The first-order valence-electron chi connectivity index (χ1n) is 14.1. The summed E-state index contributed by atoms with van der Waals surface area (Å²) in [7, 11) is 3.24. The fraction of sp³-hybridized carbons (Fsp3) is 0.324. The van der Waals surface area contributed by atoms with Crippen molar-refractivity contribution in [2.45, 2.75) is 53.1 Å². The predicted molar refractivity (Wildman–Crippen MR) is 160 cm³/mol. The molecule has 218 valence electrons. The third kappa shape index (κ3) is 6.03. The minimum Gasteiger partial charge on any atom is -0.497 e. The number of hydrogen-bond donors (Lipinski definition) is 2. The molecule has 0 saturated heterocycles. The Bertz CT molecular complexity index is 1570. The van der Waals surface area contributed by atoms with Crippen LogP contribution in [0.5, 0.6) is 17.2 Å². The summed E-state index contributed by atoms with van der Waals surface area (Å²) in [5.41, 5.74) is 5.25. The molecule has 1 aliphatic heterocycles. The Morgan fingerprint density at radius 3 is 2.40 bits per heavy atom. The molecule has 42 heavy (non-hydrogen) atoms. The van der Waals surface area contributed by atoms with Crippen molar-refractivity contribution in [3.63, 3.8) is 0 Å². The van der Waals surface area contributed by atoms with Gasteiger partial charge in [-0.3, -0.25) is 4.79 Å². The number of carbonyl (C=O) groups is 2. The number of dihydropyridines is 1. The number of Topliss-reactive ketones (excluding diaryl/α,β-unsaturated/α-hetero) is 1. The van der Waals surface area contributed by atoms with Crippen LogP contribution in [-0.2, 0) is 16.2 Å². The average molecular weight is 569 g/mol. The van der Waals surface area contributed by atoms with Crippen molar-refractivity contribution in [3.05, 3.63) is 100 Å². The highest BCUT2D eigenvalue weighted by molar-refractivity contribution is 6.09. The van der Waals surface area contributed by atoms with E-state index in [1.54, 1.807) is 14.2 Å². The molecule has 1 unspecified atom stereocenters. The van der Waals surface area contributed by atoms with Gasteiger partial charge in [-0.15, -0.1) is 0 Å². The normalized spacial score (nSPS) is 17.8. The lowest BCUT2D eigenvalue weighted by Gasteiger charge is -2.39. The van der Waals surface area contributed by atoms with Crippen LogP contribution < -0.4 is 29.8 Å². The van der Waals surface area contributed by atoms with E-state index in [1.165, 1.54) is 0 Å². The van der Waals surface area contributed by atoms with Gasteiger partial charge in [0.2, 0.25) is 0 Å². The number of aromatic nitrogens is 1. The fourth-order valence-corrected chi connectivity index (χ4v) is 5.76. The Hall–Kier alpha value is -4.59. The Morgan fingerprint density at radius 2 is 1.74 bits per heavy atom. The van der Waals surface area contributed by atoms with Crippen molar-refractivity contribution in [2.24, 2.45) is 5.41 Å². The van der Waals surface area contributed by atoms with Crippen LogP contribution >= 0.6 is 0 Å². The van der Waals surface area contributed by atoms with Crippen LogP contribution in [0.15, 0.2) is 83.3 Å². The van der Waals surface area contributed by atoms with Gasteiger partial charge in [0.05, 0.1) is 26.0 Å². The highest BCUT2D eigenvalue weighted by Crippen LogP contribution is 2.47. The van der Waals surface area contributed by atoms with E-state index >= 15 is 0 Å². The molecular formula is C34H38N3O5+. The molecule has 8 heteroatoms. The zero-order valence-corrected chi connectivity index (χ0v) is 25.0. The summed E-state index contributed by atoms with van der Waals surface area (Å²) in [6.07, 6.45) is 2.96. The molecule has 1 aliphatic carbocycles. The van der Waals surface area contributed by atoms with Gasteiger partial charge in [0.25, 0.3) is 5.82 Å². The van der Waals surface area contributed by atoms with Crippen molar-refractivity contribution in [3.8, 4) is 17.2 Å². The Labute approximate surface area is 246 Å². The Balaban J connectivity index is 1.55. The molecule has 0 bridgehead atoms. The Morgan fingerprint density at radius 1 is 1.00 bits per heavy atom. The summed E-state index contributed by atoms with van der Waals surface area (Å²) in [5.74, 6) is 1.88. The van der Waals surface area contributed by atoms with E-state index in [-0.39, 0.29) is 23.7 Å². The van der Waals surface area contributed by atoms with Crippen LogP contribution in [0.3, 0.4) is 0 Å². The van der Waals surface area contributed by atoms with Gasteiger partial charge in [-0.2, -0.15) is 0 Å². The second kappa shape index (κ2) is 11.7. The number of ketones is 1. The molecule has 2 aliphatic rings. The molecule has 1 amide bonds. The molecule has 0 radical (unpaired) electrons. The minimum atomic E-state index is -0.555. The van der Waals surface area contributed by atoms with E-state index in [0.29, 0.717) is 41.3 Å². The lowest BCUT2D eigenvalue weighted by molar-refractivity contribution is -0.361. The number of benzene rings is 2. The lowest BCUT2D eigenvalue weighted by atomic mass is 9.68. The lowest BCUT2D eigenvalue weighted by Crippen LogP contribution is -2.39. The standard InChI is InChI=1S/C34H37N3O5/c1-20-7-14-29(35-18-20)37-33(39)30-21(2)36-26-16-34(3,4)17-27(38)32(26)31(30)22-8-13-28(41-6)23(15-22)19-42-25-11-9-24(40-5)10-12-25/h7-15,18,31,36H,16-17,19H2,1-6H3,(H,35,37,39)/p+1. The van der Waals surface area contributed by atoms with Crippen LogP contribution in [0.2, 0.25) is 0 Å². The summed E-state index contributed by atoms with van der Waals surface area (Å²) in [6, 6.07) is 16.9. The number of allylic oxidation sites excluding steroid dienone is 3. The summed E-state index contributed by atoms with van der Waals surface area (Å²) in [5, 5.41) is 6.43. The monoisotopic (exact) mass is 568 g/mol. The maximum absolute atomic E-state index is 13.9. The largest absolute Gasteiger partial charge is 0.497 e. The van der Waals surface area contributed by atoms with E-state index in [4.69, 9.17) is 14.2 Å². The first-order chi connectivity index (χ1) is 20.1. The molecule has 0 spiro atoms. The maximum atomic E-state index is 13.9. The highest BCUT2D eigenvalue weighted by Gasteiger charge is 2.43. The third-order valence-electron chi connectivity index (χ3n) is 7.79. The molecule has 1 atom stereocenters. The quantitative estimate of drug-likeness (QED) is 0.364. The summed E-state index contributed by atoms with van der Waals surface area (Å²) < 4.78 is 17.0. The number of carbonyl (C=O) groups excluding carboxylic acids is 2. The number of pyridine rings is 1. The number of anilines is 1. The maximum Gasteiger partial charge on any atom is 0.337 e. The average Bonchev–Trinajstić information content (AvgIpc) is 2.96. The Kier molecular flexibility index (Phi) is 8.07. The second-order valence-electron chi connectivity index (χ2n) is 11.7. The van der Waals surface area contributed by atoms with Crippen LogP contribution in [0, 0.1) is 12.3 Å². The fourth-order valence-electron chi connectivity index (χ4n) is 5.76. The number of ether oxygens (including phenoxy) is 3. The van der Waals surface area contributed by atoms with Gasteiger partial charge in [-0.1, -0.05) is 19.9 Å². The molecule has 3 N–H and O–H groups in total.